The van der Waals surface area contributed by atoms with E-state index in [1.54, 1.807) is 11.1 Å². The first-order valence-corrected chi connectivity index (χ1v) is 9.98. The fourth-order valence-electron chi connectivity index (χ4n) is 3.40. The summed E-state index contributed by atoms with van der Waals surface area (Å²) in [5, 5.41) is 0. The third-order valence-electron chi connectivity index (χ3n) is 4.80. The summed E-state index contributed by atoms with van der Waals surface area (Å²) in [7, 11) is 0. The van der Waals surface area contributed by atoms with Crippen LogP contribution < -0.4 is 0 Å². The predicted octanol–water partition coefficient (Wildman–Crippen LogP) is 7.14. The second-order valence-corrected chi connectivity index (χ2v) is 7.72. The van der Waals surface area contributed by atoms with Gasteiger partial charge in [0.2, 0.25) is 0 Å². The first kappa shape index (κ1) is 17.1. The van der Waals surface area contributed by atoms with E-state index in [9.17, 15) is 0 Å². The minimum Gasteiger partial charge on any atom is -0.0839 e. The van der Waals surface area contributed by atoms with Gasteiger partial charge in [0.1, 0.15) is 0 Å². The minimum atomic E-state index is 0.556. The van der Waals surface area contributed by atoms with Crippen LogP contribution in [0.5, 0.6) is 0 Å². The molecule has 118 valence electrons. The molecule has 1 aromatic rings. The summed E-state index contributed by atoms with van der Waals surface area (Å²) in [5.74, 6) is 0. The van der Waals surface area contributed by atoms with E-state index < -0.39 is 0 Å². The summed E-state index contributed by atoms with van der Waals surface area (Å²) < 4.78 is 0. The molecule has 0 N–H and O–H groups in total. The molecule has 0 saturated carbocycles. The van der Waals surface area contributed by atoms with Crippen LogP contribution in [-0.2, 0) is 12.8 Å². The summed E-state index contributed by atoms with van der Waals surface area (Å²) in [6.07, 6.45) is 16.4. The van der Waals surface area contributed by atoms with Gasteiger partial charge in [-0.3, -0.25) is 0 Å². The zero-order valence-corrected chi connectivity index (χ0v) is 15.3. The zero-order valence-electron chi connectivity index (χ0n) is 13.7. The highest BCUT2D eigenvalue weighted by Gasteiger charge is 2.13. The molecule has 1 unspecified atom stereocenters. The number of unbranched alkanes of at least 4 members (excludes halogenated alkanes) is 6. The van der Waals surface area contributed by atoms with Crippen LogP contribution in [0.25, 0.3) is 0 Å². The van der Waals surface area contributed by atoms with E-state index in [1.165, 1.54) is 82.6 Å². The number of benzene rings is 1. The molecule has 1 heteroatoms. The van der Waals surface area contributed by atoms with Crippen LogP contribution in [0.15, 0.2) is 18.2 Å². The number of halogens is 1. The molecule has 0 amide bonds. The normalized spacial score (nSPS) is 15.7. The van der Waals surface area contributed by atoms with Gasteiger partial charge in [-0.25, -0.2) is 0 Å². The lowest BCUT2D eigenvalue weighted by atomic mass is 9.89. The van der Waals surface area contributed by atoms with Crippen LogP contribution >= 0.6 is 15.9 Å². The fraction of sp³-hybridized carbons (Fsp3) is 0.700. The molecule has 0 aromatic heterocycles. The molecule has 1 aliphatic rings. The molecule has 0 saturated heterocycles. The van der Waals surface area contributed by atoms with E-state index in [2.05, 4.69) is 41.1 Å². The third-order valence-corrected chi connectivity index (χ3v) is 5.78. The largest absolute Gasteiger partial charge is 0.0839 e. The minimum absolute atomic E-state index is 0.556. The van der Waals surface area contributed by atoms with Crippen LogP contribution in [-0.4, -0.2) is 0 Å². The van der Waals surface area contributed by atoms with Crippen molar-refractivity contribution in [1.29, 1.82) is 0 Å². The summed E-state index contributed by atoms with van der Waals surface area (Å²) in [6, 6.07) is 7.20. The first-order valence-electron chi connectivity index (χ1n) is 9.07. The Labute approximate surface area is 139 Å². The maximum Gasteiger partial charge on any atom is 0.0395 e. The van der Waals surface area contributed by atoms with E-state index in [1.807, 2.05) is 0 Å². The Morgan fingerprint density at radius 2 is 1.57 bits per heavy atom. The van der Waals surface area contributed by atoms with E-state index in [0.717, 1.165) is 0 Å². The van der Waals surface area contributed by atoms with Gasteiger partial charge in [-0.05, 0) is 48.8 Å². The van der Waals surface area contributed by atoms with Crippen molar-refractivity contribution in [3.05, 3.63) is 34.9 Å². The standard InChI is InChI=1S/C20H31Br/c1-2-3-4-5-6-7-8-13-20(21)19-15-14-17-11-9-10-12-18(17)16-19/h14-16,20H,2-13H2,1H3. The van der Waals surface area contributed by atoms with Crippen LogP contribution in [0.4, 0.5) is 0 Å². The lowest BCUT2D eigenvalue weighted by Crippen LogP contribution is -2.03. The van der Waals surface area contributed by atoms with Crippen molar-refractivity contribution in [2.24, 2.45) is 0 Å². The first-order chi connectivity index (χ1) is 10.3. The van der Waals surface area contributed by atoms with Crippen LogP contribution in [0.3, 0.4) is 0 Å². The summed E-state index contributed by atoms with van der Waals surface area (Å²) >= 11 is 3.91. The topological polar surface area (TPSA) is 0 Å². The van der Waals surface area contributed by atoms with Gasteiger partial charge in [0.15, 0.2) is 0 Å². The molecule has 1 aliphatic carbocycles. The van der Waals surface area contributed by atoms with E-state index in [0.29, 0.717) is 4.83 Å². The van der Waals surface area contributed by atoms with Gasteiger partial charge in [0.05, 0.1) is 0 Å². The lowest BCUT2D eigenvalue weighted by Gasteiger charge is -2.18. The van der Waals surface area contributed by atoms with Gasteiger partial charge < -0.3 is 0 Å². The van der Waals surface area contributed by atoms with Crippen molar-refractivity contribution in [2.75, 3.05) is 0 Å². The molecule has 2 rings (SSSR count). The van der Waals surface area contributed by atoms with Gasteiger partial charge in [0, 0.05) is 4.83 Å². The van der Waals surface area contributed by atoms with Crippen molar-refractivity contribution in [3.8, 4) is 0 Å². The number of aryl methyl sites for hydroxylation is 2. The van der Waals surface area contributed by atoms with Crippen molar-refractivity contribution >= 4 is 15.9 Å². The maximum absolute atomic E-state index is 3.91. The molecule has 21 heavy (non-hydrogen) atoms. The van der Waals surface area contributed by atoms with Crippen LogP contribution in [0.2, 0.25) is 0 Å². The molecule has 0 heterocycles. The Morgan fingerprint density at radius 3 is 2.33 bits per heavy atom. The summed E-state index contributed by atoms with van der Waals surface area (Å²) in [6.45, 7) is 2.29. The molecule has 0 spiro atoms. The molecular weight excluding hydrogens is 320 g/mol. The Hall–Kier alpha value is -0.300. The van der Waals surface area contributed by atoms with Crippen molar-refractivity contribution < 1.29 is 0 Å². The molecule has 1 aromatic carbocycles. The van der Waals surface area contributed by atoms with Gasteiger partial charge in [-0.15, -0.1) is 0 Å². The van der Waals surface area contributed by atoms with E-state index in [4.69, 9.17) is 0 Å². The average molecular weight is 351 g/mol. The Balaban J connectivity index is 1.69. The molecule has 1 atom stereocenters. The van der Waals surface area contributed by atoms with E-state index in [-0.39, 0.29) is 0 Å². The summed E-state index contributed by atoms with van der Waals surface area (Å²) in [5.41, 5.74) is 4.71. The second-order valence-electron chi connectivity index (χ2n) is 6.61. The number of fused-ring (bicyclic) bond motifs is 1. The Kier molecular flexibility index (Phi) is 7.85. The number of hydrogen-bond acceptors (Lipinski definition) is 0. The van der Waals surface area contributed by atoms with Crippen LogP contribution in [0.1, 0.15) is 92.6 Å². The Bertz CT molecular complexity index is 410. The SMILES string of the molecule is CCCCCCCCCC(Br)c1ccc2c(c1)CCCC2. The zero-order chi connectivity index (χ0) is 14.9. The fourth-order valence-corrected chi connectivity index (χ4v) is 4.00. The van der Waals surface area contributed by atoms with Crippen molar-refractivity contribution in [1.82, 2.24) is 0 Å². The lowest BCUT2D eigenvalue weighted by molar-refractivity contribution is 0.574. The highest BCUT2D eigenvalue weighted by Crippen LogP contribution is 2.32. The molecule has 0 radical (unpaired) electrons. The summed E-state index contributed by atoms with van der Waals surface area (Å²) in [4.78, 5) is 0.556. The monoisotopic (exact) mass is 350 g/mol. The second kappa shape index (κ2) is 9.66. The van der Waals surface area contributed by atoms with Crippen molar-refractivity contribution in [3.63, 3.8) is 0 Å². The molecule has 0 fully saturated rings. The van der Waals surface area contributed by atoms with Crippen molar-refractivity contribution in [2.45, 2.75) is 88.8 Å². The number of rotatable bonds is 9. The molecular formula is C20H31Br. The molecule has 0 aliphatic heterocycles. The average Bonchev–Trinajstić information content (AvgIpc) is 2.53. The number of alkyl halides is 1. The van der Waals surface area contributed by atoms with Gasteiger partial charge in [-0.1, -0.05) is 86.0 Å². The third kappa shape index (κ3) is 5.77. The van der Waals surface area contributed by atoms with E-state index >= 15 is 0 Å². The highest BCUT2D eigenvalue weighted by molar-refractivity contribution is 9.09. The predicted molar refractivity (Wildman–Crippen MR) is 97.4 cm³/mol. The van der Waals surface area contributed by atoms with Gasteiger partial charge in [0.25, 0.3) is 0 Å². The van der Waals surface area contributed by atoms with Crippen LogP contribution in [0, 0.1) is 0 Å². The maximum atomic E-state index is 3.91. The Morgan fingerprint density at radius 1 is 0.905 bits per heavy atom. The quantitative estimate of drug-likeness (QED) is 0.327. The molecule has 0 bridgehead atoms. The number of hydrogen-bond donors (Lipinski definition) is 0. The van der Waals surface area contributed by atoms with Gasteiger partial charge >= 0.3 is 0 Å². The molecule has 0 nitrogen and oxygen atoms in total. The smallest absolute Gasteiger partial charge is 0.0395 e. The van der Waals surface area contributed by atoms with Gasteiger partial charge in [-0.2, -0.15) is 0 Å². The highest BCUT2D eigenvalue weighted by atomic mass is 79.9.